The van der Waals surface area contributed by atoms with Crippen LogP contribution in [-0.4, -0.2) is 16.2 Å². The predicted octanol–water partition coefficient (Wildman–Crippen LogP) is 2.80. The summed E-state index contributed by atoms with van der Waals surface area (Å²) in [5.41, 5.74) is 1.20. The second-order valence-corrected chi connectivity index (χ2v) is 4.69. The molecule has 2 N–H and O–H groups in total. The summed E-state index contributed by atoms with van der Waals surface area (Å²) in [6.45, 7) is 0. The number of phenolic OH excluding ortho intramolecular Hbond substituents is 2. The van der Waals surface area contributed by atoms with Gasteiger partial charge in [-0.15, -0.1) is 0 Å². The molecule has 0 amide bonds. The van der Waals surface area contributed by atoms with Gasteiger partial charge in [0.2, 0.25) is 0 Å². The van der Waals surface area contributed by atoms with Crippen LogP contribution in [0.25, 0.3) is 0 Å². The van der Waals surface area contributed by atoms with E-state index in [4.69, 9.17) is 16.3 Å². The van der Waals surface area contributed by atoms with Crippen LogP contribution in [0, 0.1) is 0 Å². The lowest BCUT2D eigenvalue weighted by Gasteiger charge is -2.09. The van der Waals surface area contributed by atoms with Gasteiger partial charge in [-0.05, 0) is 35.9 Å². The van der Waals surface area contributed by atoms with Gasteiger partial charge >= 0.3 is 5.97 Å². The molecule has 2 aromatic carbocycles. The highest BCUT2D eigenvalue weighted by Gasteiger charge is 2.35. The topological polar surface area (TPSA) is 66.8 Å². The molecule has 0 radical (unpaired) electrons. The van der Waals surface area contributed by atoms with Crippen molar-refractivity contribution in [2.45, 2.75) is 5.92 Å². The van der Waals surface area contributed by atoms with Gasteiger partial charge in [0, 0.05) is 5.56 Å². The summed E-state index contributed by atoms with van der Waals surface area (Å²) in [5, 5.41) is 19.1. The fraction of sp³-hybridized carbons (Fsp3) is 0.0714. The molecule has 1 aliphatic rings. The van der Waals surface area contributed by atoms with Crippen LogP contribution in [0.5, 0.6) is 17.2 Å². The van der Waals surface area contributed by atoms with Gasteiger partial charge in [-0.1, -0.05) is 17.7 Å². The lowest BCUT2D eigenvalue weighted by molar-refractivity contribution is -0.133. The molecule has 0 spiro atoms. The summed E-state index contributed by atoms with van der Waals surface area (Å²) in [6, 6.07) is 9.04. The summed E-state index contributed by atoms with van der Waals surface area (Å²) < 4.78 is 5.14. The summed E-state index contributed by atoms with van der Waals surface area (Å²) in [7, 11) is 0. The normalized spacial score (nSPS) is 17.1. The van der Waals surface area contributed by atoms with E-state index in [-0.39, 0.29) is 16.5 Å². The standard InChI is InChI=1S/C14H9ClO4/c15-10-5-7(1-3-11(10)17)13-9-6-8(16)2-4-12(9)19-14(13)18/h1-6,13,16-17H. The highest BCUT2D eigenvalue weighted by atomic mass is 35.5. The van der Waals surface area contributed by atoms with E-state index in [1.54, 1.807) is 12.1 Å². The number of carbonyl (C=O) groups is 1. The first-order valence-corrected chi connectivity index (χ1v) is 5.97. The second-order valence-electron chi connectivity index (χ2n) is 4.29. The van der Waals surface area contributed by atoms with Gasteiger partial charge in [-0.2, -0.15) is 0 Å². The number of rotatable bonds is 1. The van der Waals surface area contributed by atoms with Gasteiger partial charge in [0.25, 0.3) is 0 Å². The van der Waals surface area contributed by atoms with Crippen molar-refractivity contribution in [1.82, 2.24) is 0 Å². The minimum Gasteiger partial charge on any atom is -0.508 e. The highest BCUT2D eigenvalue weighted by Crippen LogP contribution is 2.42. The van der Waals surface area contributed by atoms with Crippen molar-refractivity contribution < 1.29 is 19.7 Å². The molecule has 1 unspecified atom stereocenters. The first kappa shape index (κ1) is 11.9. The van der Waals surface area contributed by atoms with Crippen LogP contribution >= 0.6 is 11.6 Å². The van der Waals surface area contributed by atoms with Gasteiger partial charge < -0.3 is 14.9 Å². The first-order chi connectivity index (χ1) is 9.06. The fourth-order valence-electron chi connectivity index (χ4n) is 2.17. The van der Waals surface area contributed by atoms with Crippen LogP contribution in [0.3, 0.4) is 0 Å². The molecule has 0 saturated carbocycles. The van der Waals surface area contributed by atoms with Crippen molar-refractivity contribution in [3.8, 4) is 17.2 Å². The van der Waals surface area contributed by atoms with E-state index in [9.17, 15) is 15.0 Å². The van der Waals surface area contributed by atoms with Gasteiger partial charge in [0.1, 0.15) is 23.2 Å². The van der Waals surface area contributed by atoms with Crippen LogP contribution in [-0.2, 0) is 4.79 Å². The van der Waals surface area contributed by atoms with Crippen molar-refractivity contribution in [1.29, 1.82) is 0 Å². The first-order valence-electron chi connectivity index (χ1n) is 5.59. The van der Waals surface area contributed by atoms with Crippen LogP contribution in [0.4, 0.5) is 0 Å². The zero-order chi connectivity index (χ0) is 13.6. The molecule has 1 heterocycles. The van der Waals surface area contributed by atoms with Crippen LogP contribution in [0.1, 0.15) is 17.0 Å². The largest absolute Gasteiger partial charge is 0.508 e. The highest BCUT2D eigenvalue weighted by molar-refractivity contribution is 6.32. The van der Waals surface area contributed by atoms with E-state index < -0.39 is 11.9 Å². The van der Waals surface area contributed by atoms with Crippen molar-refractivity contribution in [2.24, 2.45) is 0 Å². The Bertz CT molecular complexity index is 681. The van der Waals surface area contributed by atoms with E-state index in [2.05, 4.69) is 0 Å². The number of halogens is 1. The van der Waals surface area contributed by atoms with Crippen molar-refractivity contribution >= 4 is 17.6 Å². The smallest absolute Gasteiger partial charge is 0.323 e. The molecule has 0 aliphatic carbocycles. The van der Waals surface area contributed by atoms with Gasteiger partial charge in [0.05, 0.1) is 5.02 Å². The number of aromatic hydroxyl groups is 2. The van der Waals surface area contributed by atoms with Crippen molar-refractivity contribution in [3.63, 3.8) is 0 Å². The molecule has 2 aromatic rings. The van der Waals surface area contributed by atoms with Crippen molar-refractivity contribution in [3.05, 3.63) is 52.5 Å². The van der Waals surface area contributed by atoms with E-state index in [1.807, 2.05) is 0 Å². The van der Waals surface area contributed by atoms with E-state index in [0.29, 0.717) is 16.9 Å². The Morgan fingerprint density at radius 3 is 2.63 bits per heavy atom. The number of benzene rings is 2. The lowest BCUT2D eigenvalue weighted by atomic mass is 9.92. The summed E-state index contributed by atoms with van der Waals surface area (Å²) in [4.78, 5) is 11.9. The third kappa shape index (κ3) is 1.90. The predicted molar refractivity (Wildman–Crippen MR) is 68.7 cm³/mol. The molecular formula is C14H9ClO4. The Morgan fingerprint density at radius 2 is 1.89 bits per heavy atom. The Labute approximate surface area is 113 Å². The molecule has 96 valence electrons. The average molecular weight is 277 g/mol. The van der Waals surface area contributed by atoms with Crippen LogP contribution in [0.2, 0.25) is 5.02 Å². The van der Waals surface area contributed by atoms with Crippen LogP contribution in [0.15, 0.2) is 36.4 Å². The molecule has 3 rings (SSSR count). The Hall–Kier alpha value is -2.20. The summed E-state index contributed by atoms with van der Waals surface area (Å²) >= 11 is 5.85. The number of carbonyl (C=O) groups excluding carboxylic acids is 1. The maximum atomic E-state index is 11.9. The number of phenols is 2. The zero-order valence-corrected chi connectivity index (χ0v) is 10.4. The van der Waals surface area contributed by atoms with Crippen molar-refractivity contribution in [2.75, 3.05) is 0 Å². The minimum atomic E-state index is -0.639. The molecule has 1 aliphatic heterocycles. The Kier molecular flexibility index (Phi) is 2.61. The van der Waals surface area contributed by atoms with Gasteiger partial charge in [-0.25, -0.2) is 0 Å². The summed E-state index contributed by atoms with van der Waals surface area (Å²) in [6.07, 6.45) is 0. The lowest BCUT2D eigenvalue weighted by Crippen LogP contribution is -2.11. The monoisotopic (exact) mass is 276 g/mol. The number of hydrogen-bond acceptors (Lipinski definition) is 4. The van der Waals surface area contributed by atoms with Gasteiger partial charge in [0.15, 0.2) is 0 Å². The molecular weight excluding hydrogens is 268 g/mol. The Balaban J connectivity index is 2.13. The molecule has 4 nitrogen and oxygen atoms in total. The molecule has 0 aromatic heterocycles. The van der Waals surface area contributed by atoms with E-state index in [0.717, 1.165) is 0 Å². The summed E-state index contributed by atoms with van der Waals surface area (Å²) in [5.74, 6) is -0.626. The minimum absolute atomic E-state index is 0.0482. The third-order valence-electron chi connectivity index (χ3n) is 3.06. The molecule has 19 heavy (non-hydrogen) atoms. The molecule has 0 fully saturated rings. The number of hydrogen-bond donors (Lipinski definition) is 2. The van der Waals surface area contributed by atoms with Crippen LogP contribution < -0.4 is 4.74 Å². The number of fused-ring (bicyclic) bond motifs is 1. The molecule has 0 bridgehead atoms. The molecule has 1 atom stereocenters. The zero-order valence-electron chi connectivity index (χ0n) is 9.63. The Morgan fingerprint density at radius 1 is 1.11 bits per heavy atom. The van der Waals surface area contributed by atoms with E-state index >= 15 is 0 Å². The maximum Gasteiger partial charge on any atom is 0.323 e. The van der Waals surface area contributed by atoms with Gasteiger partial charge in [-0.3, -0.25) is 4.79 Å². The fourth-order valence-corrected chi connectivity index (χ4v) is 2.36. The third-order valence-corrected chi connectivity index (χ3v) is 3.36. The second kappa shape index (κ2) is 4.17. The average Bonchev–Trinajstić information content (AvgIpc) is 2.68. The maximum absolute atomic E-state index is 11.9. The number of ether oxygens (including phenoxy) is 1. The molecule has 0 saturated heterocycles. The quantitative estimate of drug-likeness (QED) is 0.621. The molecule has 5 heteroatoms. The number of esters is 1. The SMILES string of the molecule is O=C1Oc2ccc(O)cc2C1c1ccc(O)c(Cl)c1. The van der Waals surface area contributed by atoms with E-state index in [1.165, 1.54) is 24.3 Å².